The number of fused-ring (bicyclic) bond motifs is 2. The van der Waals surface area contributed by atoms with E-state index in [1.165, 1.54) is 0 Å². The van der Waals surface area contributed by atoms with Crippen LogP contribution < -0.4 is 14.9 Å². The number of ether oxygens (including phenoxy) is 2. The molecule has 2 heterocycles. The Labute approximate surface area is 220 Å². The van der Waals surface area contributed by atoms with E-state index in [1.54, 1.807) is 30.2 Å². The van der Waals surface area contributed by atoms with Gasteiger partial charge in [-0.3, -0.25) is 9.59 Å². The number of hydrogen-bond acceptors (Lipinski definition) is 5. The summed E-state index contributed by atoms with van der Waals surface area (Å²) >= 11 is 6.18. The molecule has 6 nitrogen and oxygen atoms in total. The molecule has 0 spiro atoms. The Morgan fingerprint density at radius 2 is 1.70 bits per heavy atom. The van der Waals surface area contributed by atoms with Crippen molar-refractivity contribution in [2.45, 2.75) is 32.2 Å². The maximum atomic E-state index is 13.7. The number of unbranched alkanes of at least 4 members (excludes halogenated alkanes) is 1. The van der Waals surface area contributed by atoms with Gasteiger partial charge < -0.3 is 18.8 Å². The van der Waals surface area contributed by atoms with Crippen molar-refractivity contribution in [1.82, 2.24) is 4.90 Å². The minimum atomic E-state index is -0.579. The number of halogens is 1. The van der Waals surface area contributed by atoms with E-state index in [9.17, 15) is 9.59 Å². The van der Waals surface area contributed by atoms with E-state index < -0.39 is 6.04 Å². The van der Waals surface area contributed by atoms with Crippen molar-refractivity contribution in [2.75, 3.05) is 20.3 Å². The molecule has 0 fully saturated rings. The van der Waals surface area contributed by atoms with Crippen molar-refractivity contribution in [3.63, 3.8) is 0 Å². The largest absolute Gasteiger partial charge is 0.497 e. The zero-order valence-corrected chi connectivity index (χ0v) is 21.6. The van der Waals surface area contributed by atoms with Gasteiger partial charge in [0.2, 0.25) is 5.76 Å². The van der Waals surface area contributed by atoms with Gasteiger partial charge in [0.25, 0.3) is 5.91 Å². The highest BCUT2D eigenvalue weighted by atomic mass is 35.5. The first-order valence-electron chi connectivity index (χ1n) is 12.4. The second-order valence-electron chi connectivity index (χ2n) is 9.08. The molecule has 0 saturated carbocycles. The van der Waals surface area contributed by atoms with Crippen LogP contribution in [0.25, 0.3) is 11.0 Å². The van der Waals surface area contributed by atoms with E-state index >= 15 is 0 Å². The third kappa shape index (κ3) is 4.94. The summed E-state index contributed by atoms with van der Waals surface area (Å²) in [5, 5.41) is 0.797. The molecule has 1 aliphatic rings. The number of rotatable bonds is 9. The molecule has 0 aliphatic carbocycles. The third-order valence-electron chi connectivity index (χ3n) is 6.69. The van der Waals surface area contributed by atoms with E-state index in [4.69, 9.17) is 25.5 Å². The first-order valence-corrected chi connectivity index (χ1v) is 12.8. The minimum Gasteiger partial charge on any atom is -0.497 e. The SMILES string of the molecule is CCCCOc1ccc(C2c3c(oc4ccc(Cl)cc4c3=O)C(=O)N2CCc2ccc(OC)cc2)cc1. The van der Waals surface area contributed by atoms with Crippen molar-refractivity contribution in [2.24, 2.45) is 0 Å². The summed E-state index contributed by atoms with van der Waals surface area (Å²) in [7, 11) is 1.63. The van der Waals surface area contributed by atoms with Gasteiger partial charge in [-0.05, 0) is 66.4 Å². The molecule has 1 atom stereocenters. The van der Waals surface area contributed by atoms with Crippen LogP contribution in [0.3, 0.4) is 0 Å². The molecule has 0 N–H and O–H groups in total. The average molecular weight is 518 g/mol. The summed E-state index contributed by atoms with van der Waals surface area (Å²) in [4.78, 5) is 29.0. The molecule has 7 heteroatoms. The van der Waals surface area contributed by atoms with Gasteiger partial charge in [0.1, 0.15) is 17.1 Å². The van der Waals surface area contributed by atoms with E-state index in [-0.39, 0.29) is 17.1 Å². The molecule has 3 aromatic carbocycles. The smallest absolute Gasteiger partial charge is 0.290 e. The van der Waals surface area contributed by atoms with Crippen LogP contribution in [-0.4, -0.2) is 31.1 Å². The molecule has 1 unspecified atom stereocenters. The van der Waals surface area contributed by atoms with Gasteiger partial charge in [-0.2, -0.15) is 0 Å². The molecule has 1 aromatic heterocycles. The van der Waals surface area contributed by atoms with E-state index in [0.29, 0.717) is 41.1 Å². The molecule has 1 amide bonds. The van der Waals surface area contributed by atoms with Crippen molar-refractivity contribution in [1.29, 1.82) is 0 Å². The normalized spacial score (nSPS) is 14.7. The molecule has 1 aliphatic heterocycles. The molecule has 37 heavy (non-hydrogen) atoms. The Kier molecular flexibility index (Phi) is 7.19. The summed E-state index contributed by atoms with van der Waals surface area (Å²) in [5.74, 6) is 1.31. The van der Waals surface area contributed by atoms with Crippen LogP contribution >= 0.6 is 11.6 Å². The molecule has 4 aromatic rings. The first kappa shape index (κ1) is 24.9. The number of hydrogen-bond donors (Lipinski definition) is 0. The molecular weight excluding hydrogens is 490 g/mol. The van der Waals surface area contributed by atoms with Gasteiger partial charge in [0, 0.05) is 11.6 Å². The van der Waals surface area contributed by atoms with Gasteiger partial charge >= 0.3 is 0 Å². The minimum absolute atomic E-state index is 0.0859. The Morgan fingerprint density at radius 1 is 0.973 bits per heavy atom. The van der Waals surface area contributed by atoms with Crippen molar-refractivity contribution in [3.8, 4) is 11.5 Å². The van der Waals surface area contributed by atoms with Crippen molar-refractivity contribution >= 4 is 28.5 Å². The zero-order valence-electron chi connectivity index (χ0n) is 20.8. The topological polar surface area (TPSA) is 69.0 Å². The van der Waals surface area contributed by atoms with E-state index in [0.717, 1.165) is 35.5 Å². The number of methoxy groups -OCH3 is 1. The Bertz CT molecular complexity index is 1480. The number of benzene rings is 3. The highest BCUT2D eigenvalue weighted by molar-refractivity contribution is 6.31. The van der Waals surface area contributed by atoms with Crippen LogP contribution in [0.15, 0.2) is 75.9 Å². The van der Waals surface area contributed by atoms with E-state index in [2.05, 4.69) is 6.92 Å². The number of carbonyl (C=O) groups is 1. The number of carbonyl (C=O) groups excluding carboxylic acids is 1. The Balaban J connectivity index is 1.53. The first-order chi connectivity index (χ1) is 18.0. The maximum Gasteiger partial charge on any atom is 0.290 e. The number of nitrogens with zero attached hydrogens (tertiary/aromatic N) is 1. The van der Waals surface area contributed by atoms with Crippen LogP contribution in [0.2, 0.25) is 5.02 Å². The molecule has 190 valence electrons. The van der Waals surface area contributed by atoms with Crippen molar-refractivity contribution in [3.05, 3.63) is 104 Å². The fraction of sp³-hybridized carbons (Fsp3) is 0.267. The summed E-state index contributed by atoms with van der Waals surface area (Å²) < 4.78 is 17.1. The predicted molar refractivity (Wildman–Crippen MR) is 144 cm³/mol. The monoisotopic (exact) mass is 517 g/mol. The second kappa shape index (κ2) is 10.7. The van der Waals surface area contributed by atoms with E-state index in [1.807, 2.05) is 48.5 Å². The second-order valence-corrected chi connectivity index (χ2v) is 9.52. The summed E-state index contributed by atoms with van der Waals surface area (Å²) in [6.45, 7) is 3.17. The quantitative estimate of drug-likeness (QED) is 0.239. The standard InChI is InChI=1S/C30H28ClNO5/c1-3-4-17-36-23-12-7-20(8-13-23)27-26-28(33)24-18-21(31)9-14-25(24)37-29(26)30(34)32(27)16-15-19-5-10-22(35-2)11-6-19/h5-14,18,27H,3-4,15-17H2,1-2H3. The predicted octanol–water partition coefficient (Wildman–Crippen LogP) is 6.42. The van der Waals surface area contributed by atoms with Gasteiger partial charge in [0.15, 0.2) is 5.43 Å². The fourth-order valence-electron chi connectivity index (χ4n) is 4.69. The Hall–Kier alpha value is -3.77. The van der Waals surface area contributed by atoms with Crippen LogP contribution in [0.1, 0.15) is 53.1 Å². The molecule has 5 rings (SSSR count). The molecular formula is C30H28ClNO5. The Morgan fingerprint density at radius 3 is 2.41 bits per heavy atom. The molecule has 0 bridgehead atoms. The van der Waals surface area contributed by atoms with Crippen LogP contribution in [-0.2, 0) is 6.42 Å². The van der Waals surface area contributed by atoms with Gasteiger partial charge in [-0.25, -0.2) is 0 Å². The molecule has 0 radical (unpaired) electrons. The van der Waals surface area contributed by atoms with Gasteiger partial charge in [-0.15, -0.1) is 0 Å². The highest BCUT2D eigenvalue weighted by Crippen LogP contribution is 2.39. The lowest BCUT2D eigenvalue weighted by Gasteiger charge is -2.25. The van der Waals surface area contributed by atoms with Crippen LogP contribution in [0, 0.1) is 0 Å². The van der Waals surface area contributed by atoms with Crippen LogP contribution in [0.5, 0.6) is 11.5 Å². The fourth-order valence-corrected chi connectivity index (χ4v) is 4.86. The zero-order chi connectivity index (χ0) is 25.9. The summed E-state index contributed by atoms with van der Waals surface area (Å²) in [6, 6.07) is 19.6. The molecule has 0 saturated heterocycles. The lowest BCUT2D eigenvalue weighted by atomic mass is 9.98. The number of amides is 1. The summed E-state index contributed by atoms with van der Waals surface area (Å²) in [6.07, 6.45) is 2.63. The average Bonchev–Trinajstić information content (AvgIpc) is 3.20. The van der Waals surface area contributed by atoms with Gasteiger partial charge in [-0.1, -0.05) is 49.2 Å². The third-order valence-corrected chi connectivity index (χ3v) is 6.93. The van der Waals surface area contributed by atoms with Crippen LogP contribution in [0.4, 0.5) is 0 Å². The highest BCUT2D eigenvalue weighted by Gasteiger charge is 2.42. The maximum absolute atomic E-state index is 13.7. The van der Waals surface area contributed by atoms with Gasteiger partial charge in [0.05, 0.1) is 30.7 Å². The lowest BCUT2D eigenvalue weighted by Crippen LogP contribution is -2.31. The summed E-state index contributed by atoms with van der Waals surface area (Å²) in [5.41, 5.74) is 2.32. The van der Waals surface area contributed by atoms with Crippen molar-refractivity contribution < 1.29 is 18.7 Å². The lowest BCUT2D eigenvalue weighted by molar-refractivity contribution is 0.0730.